The van der Waals surface area contributed by atoms with Crippen molar-refractivity contribution >= 4 is 34.1 Å². The maximum atomic E-state index is 12.9. The quantitative estimate of drug-likeness (QED) is 0.344. The highest BCUT2D eigenvalue weighted by atomic mass is 16.2. The number of nitrogens with two attached hydrogens (primary N) is 1. The Kier molecular flexibility index (Phi) is 5.77. The van der Waals surface area contributed by atoms with Gasteiger partial charge in [0.15, 0.2) is 0 Å². The number of likely N-dealkylation sites (N-methyl/N-ethyl adjacent to an activating group) is 1. The first kappa shape index (κ1) is 21.7. The van der Waals surface area contributed by atoms with Crippen molar-refractivity contribution in [3.05, 3.63) is 94.7 Å². The van der Waals surface area contributed by atoms with Crippen molar-refractivity contribution in [1.29, 1.82) is 0 Å². The van der Waals surface area contributed by atoms with Crippen LogP contribution in [0.5, 0.6) is 0 Å². The Morgan fingerprint density at radius 3 is 2.76 bits per heavy atom. The van der Waals surface area contributed by atoms with Gasteiger partial charge in [-0.3, -0.25) is 9.59 Å². The van der Waals surface area contributed by atoms with E-state index >= 15 is 0 Å². The average molecular weight is 454 g/mol. The average Bonchev–Trinajstić information content (AvgIpc) is 3.26. The minimum atomic E-state index is -0.219. The number of hydrogen-bond donors (Lipinski definition) is 4. The largest absolute Gasteiger partial charge is 0.399 e. The normalized spacial score (nSPS) is 13.4. The molecular weight excluding hydrogens is 426 g/mol. The van der Waals surface area contributed by atoms with Crippen LogP contribution in [-0.4, -0.2) is 35.3 Å². The number of fused-ring (bicyclic) bond motifs is 2. The number of nitrogen functional groups attached to an aromatic ring is 1. The summed E-state index contributed by atoms with van der Waals surface area (Å²) in [6.07, 6.45) is 1.03. The number of benzene rings is 3. The van der Waals surface area contributed by atoms with E-state index in [1.165, 1.54) is 11.1 Å². The number of rotatable bonds is 5. The van der Waals surface area contributed by atoms with Crippen LogP contribution < -0.4 is 16.4 Å². The molecular formula is C27H27N5O2. The van der Waals surface area contributed by atoms with Gasteiger partial charge in [0.2, 0.25) is 0 Å². The summed E-state index contributed by atoms with van der Waals surface area (Å²) in [5.74, 6) is -0.394. The molecule has 4 aromatic rings. The van der Waals surface area contributed by atoms with E-state index in [1.807, 2.05) is 24.3 Å². The van der Waals surface area contributed by atoms with Gasteiger partial charge in [0.25, 0.3) is 11.8 Å². The highest BCUT2D eigenvalue weighted by Crippen LogP contribution is 2.22. The third kappa shape index (κ3) is 4.65. The molecule has 172 valence electrons. The Hall–Kier alpha value is -4.10. The minimum absolute atomic E-state index is 0.175. The number of carbonyl (C=O) groups excluding carboxylic acids is 2. The van der Waals surface area contributed by atoms with Crippen molar-refractivity contribution in [2.24, 2.45) is 0 Å². The second-order valence-corrected chi connectivity index (χ2v) is 8.84. The lowest BCUT2D eigenvalue weighted by molar-refractivity contribution is 0.0946. The molecule has 0 saturated carbocycles. The fourth-order valence-electron chi connectivity index (χ4n) is 4.35. The van der Waals surface area contributed by atoms with Crippen LogP contribution in [0.25, 0.3) is 10.9 Å². The van der Waals surface area contributed by atoms with Gasteiger partial charge in [-0.2, -0.15) is 0 Å². The van der Waals surface area contributed by atoms with Gasteiger partial charge in [-0.25, -0.2) is 0 Å². The summed E-state index contributed by atoms with van der Waals surface area (Å²) in [5, 5.41) is 6.83. The number of amides is 2. The van der Waals surface area contributed by atoms with Crippen molar-refractivity contribution in [1.82, 2.24) is 15.2 Å². The van der Waals surface area contributed by atoms with Gasteiger partial charge < -0.3 is 26.3 Å². The molecule has 0 radical (unpaired) electrons. The van der Waals surface area contributed by atoms with E-state index in [0.29, 0.717) is 23.5 Å². The summed E-state index contributed by atoms with van der Waals surface area (Å²) in [6, 6.07) is 20.7. The zero-order valence-electron chi connectivity index (χ0n) is 19.0. The molecule has 1 aromatic heterocycles. The molecule has 5 N–H and O–H groups in total. The number of nitrogens with zero attached hydrogens (tertiary/aromatic N) is 1. The van der Waals surface area contributed by atoms with Crippen molar-refractivity contribution < 1.29 is 9.59 Å². The van der Waals surface area contributed by atoms with E-state index in [9.17, 15) is 9.59 Å². The van der Waals surface area contributed by atoms with Gasteiger partial charge in [0.1, 0.15) is 5.69 Å². The monoisotopic (exact) mass is 453 g/mol. The molecule has 0 atom stereocenters. The Bertz CT molecular complexity index is 1390. The fraction of sp³-hybridized carbons (Fsp3) is 0.185. The van der Waals surface area contributed by atoms with E-state index in [1.54, 1.807) is 30.3 Å². The smallest absolute Gasteiger partial charge is 0.267 e. The van der Waals surface area contributed by atoms with Crippen LogP contribution in [0.2, 0.25) is 0 Å². The van der Waals surface area contributed by atoms with Gasteiger partial charge in [-0.1, -0.05) is 24.3 Å². The number of hydrogen-bond acceptors (Lipinski definition) is 4. The molecule has 0 aliphatic carbocycles. The maximum Gasteiger partial charge on any atom is 0.267 e. The lowest BCUT2D eigenvalue weighted by Crippen LogP contribution is -2.26. The van der Waals surface area contributed by atoms with E-state index in [2.05, 4.69) is 39.7 Å². The summed E-state index contributed by atoms with van der Waals surface area (Å²) >= 11 is 0. The molecule has 0 saturated heterocycles. The summed E-state index contributed by atoms with van der Waals surface area (Å²) in [5.41, 5.74) is 12.5. The molecule has 3 aromatic carbocycles. The topological polar surface area (TPSA) is 103 Å². The molecule has 0 bridgehead atoms. The fourth-order valence-corrected chi connectivity index (χ4v) is 4.35. The molecule has 2 heterocycles. The maximum absolute atomic E-state index is 12.9. The Morgan fingerprint density at radius 2 is 1.88 bits per heavy atom. The van der Waals surface area contributed by atoms with E-state index in [4.69, 9.17) is 5.73 Å². The van der Waals surface area contributed by atoms with E-state index in [-0.39, 0.29) is 11.8 Å². The summed E-state index contributed by atoms with van der Waals surface area (Å²) < 4.78 is 0. The Morgan fingerprint density at radius 1 is 1.00 bits per heavy atom. The molecule has 1 aliphatic rings. The molecule has 0 fully saturated rings. The number of aromatic nitrogens is 1. The predicted molar refractivity (Wildman–Crippen MR) is 135 cm³/mol. The lowest BCUT2D eigenvalue weighted by atomic mass is 9.99. The third-order valence-corrected chi connectivity index (χ3v) is 6.20. The second kappa shape index (κ2) is 9.03. The summed E-state index contributed by atoms with van der Waals surface area (Å²) in [7, 11) is 2.10. The SMILES string of the molecule is CN1CCc2ccc(NC(=O)c3cccc(CNC(=O)c4cc5ccc(N)cc5[nH]4)c3)cc2C1. The zero-order chi connectivity index (χ0) is 23.7. The number of carbonyl (C=O) groups is 2. The van der Waals surface area contributed by atoms with Gasteiger partial charge in [-0.05, 0) is 72.6 Å². The second-order valence-electron chi connectivity index (χ2n) is 8.84. The number of anilines is 2. The van der Waals surface area contributed by atoms with Crippen LogP contribution in [-0.2, 0) is 19.5 Å². The van der Waals surface area contributed by atoms with Crippen molar-refractivity contribution in [3.8, 4) is 0 Å². The van der Waals surface area contributed by atoms with Crippen molar-refractivity contribution in [3.63, 3.8) is 0 Å². The minimum Gasteiger partial charge on any atom is -0.399 e. The van der Waals surface area contributed by atoms with Gasteiger partial charge in [0.05, 0.1) is 0 Å². The van der Waals surface area contributed by atoms with Gasteiger partial charge in [-0.15, -0.1) is 0 Å². The number of aromatic amines is 1. The predicted octanol–water partition coefficient (Wildman–Crippen LogP) is 3.92. The molecule has 0 spiro atoms. The summed E-state index contributed by atoms with van der Waals surface area (Å²) in [6.45, 7) is 2.25. The molecule has 7 nitrogen and oxygen atoms in total. The molecule has 34 heavy (non-hydrogen) atoms. The van der Waals surface area contributed by atoms with Crippen LogP contribution in [0, 0.1) is 0 Å². The standard InChI is InChI=1S/C27H27N5O2/c1-32-10-9-18-6-8-23(12-21(18)16-32)30-26(33)20-4-2-3-17(11-20)15-29-27(34)25-13-19-5-7-22(28)14-24(19)31-25/h2-8,11-14,31H,9-10,15-16,28H2,1H3,(H,29,34)(H,30,33). The lowest BCUT2D eigenvalue weighted by Gasteiger charge is -2.25. The molecule has 5 rings (SSSR count). The highest BCUT2D eigenvalue weighted by molar-refractivity contribution is 6.04. The first-order chi connectivity index (χ1) is 16.4. The van der Waals surface area contributed by atoms with Gasteiger partial charge in [0, 0.05) is 47.5 Å². The molecule has 2 amide bonds. The van der Waals surface area contributed by atoms with Crippen LogP contribution in [0.1, 0.15) is 37.5 Å². The van der Waals surface area contributed by atoms with Gasteiger partial charge >= 0.3 is 0 Å². The molecule has 1 aliphatic heterocycles. The first-order valence-electron chi connectivity index (χ1n) is 11.3. The van der Waals surface area contributed by atoms with Crippen molar-refractivity contribution in [2.75, 3.05) is 24.6 Å². The van der Waals surface area contributed by atoms with E-state index < -0.39 is 0 Å². The Balaban J connectivity index is 1.23. The zero-order valence-corrected chi connectivity index (χ0v) is 19.0. The van der Waals surface area contributed by atoms with Crippen LogP contribution in [0.3, 0.4) is 0 Å². The van der Waals surface area contributed by atoms with Crippen molar-refractivity contribution in [2.45, 2.75) is 19.5 Å². The Labute approximate surface area is 198 Å². The van der Waals surface area contributed by atoms with Crippen LogP contribution in [0.4, 0.5) is 11.4 Å². The van der Waals surface area contributed by atoms with Crippen LogP contribution >= 0.6 is 0 Å². The summed E-state index contributed by atoms with van der Waals surface area (Å²) in [4.78, 5) is 30.8. The molecule has 7 heteroatoms. The third-order valence-electron chi connectivity index (χ3n) is 6.20. The number of H-pyrrole nitrogens is 1. The first-order valence-corrected chi connectivity index (χ1v) is 11.3. The van der Waals surface area contributed by atoms with Crippen LogP contribution in [0.15, 0.2) is 66.7 Å². The van der Waals surface area contributed by atoms with E-state index in [0.717, 1.165) is 41.7 Å². The number of nitrogens with one attached hydrogen (secondary N) is 3. The highest BCUT2D eigenvalue weighted by Gasteiger charge is 2.15. The molecule has 0 unspecified atom stereocenters.